The average molecular weight is 382 g/mol. The Kier molecular flexibility index (Phi) is 5.21. The number of likely N-dealkylation sites (tertiary alicyclic amines) is 1. The van der Waals surface area contributed by atoms with Crippen LogP contribution in [-0.4, -0.2) is 33.9 Å². The van der Waals surface area contributed by atoms with Crippen molar-refractivity contribution in [1.82, 2.24) is 14.9 Å². The normalized spacial score (nSPS) is 17.1. The van der Waals surface area contributed by atoms with Gasteiger partial charge in [-0.15, -0.1) is 0 Å². The minimum Gasteiger partial charge on any atom is -0.445 e. The van der Waals surface area contributed by atoms with E-state index in [0.717, 1.165) is 30.7 Å². The molecule has 4 rings (SSSR count). The fourth-order valence-electron chi connectivity index (χ4n) is 3.48. The molecule has 0 aliphatic carbocycles. The lowest BCUT2D eigenvalue weighted by molar-refractivity contribution is 0.0697. The Bertz CT molecular complexity index is 926. The predicted octanol–water partition coefficient (Wildman–Crippen LogP) is 4.33. The quantitative estimate of drug-likeness (QED) is 0.674. The third kappa shape index (κ3) is 4.19. The van der Waals surface area contributed by atoms with Crippen molar-refractivity contribution < 1.29 is 9.21 Å². The smallest absolute Gasteiger partial charge is 0.255 e. The number of pyridine rings is 1. The molecule has 0 N–H and O–H groups in total. The zero-order valence-corrected chi connectivity index (χ0v) is 15.6. The number of amides is 1. The summed E-state index contributed by atoms with van der Waals surface area (Å²) in [5.74, 6) is 1.64. The average Bonchev–Trinajstić information content (AvgIpc) is 3.17. The van der Waals surface area contributed by atoms with Crippen LogP contribution >= 0.6 is 11.6 Å². The fraction of sp³-hybridized carbons (Fsp3) is 0.286. The molecule has 1 saturated heterocycles. The molecule has 0 radical (unpaired) electrons. The van der Waals surface area contributed by atoms with Gasteiger partial charge in [0, 0.05) is 36.9 Å². The van der Waals surface area contributed by atoms with Gasteiger partial charge in [0.05, 0.1) is 17.7 Å². The summed E-state index contributed by atoms with van der Waals surface area (Å²) in [6.07, 6.45) is 7.61. The molecule has 2 aromatic heterocycles. The van der Waals surface area contributed by atoms with Crippen molar-refractivity contribution in [3.63, 3.8) is 0 Å². The van der Waals surface area contributed by atoms with Crippen LogP contribution < -0.4 is 0 Å². The standard InChI is InChI=1S/C21H20ClN3O2/c22-18-7-1-4-15(10-18)11-19-13-24-20(27-19)17-6-3-9-25(14-17)21(26)16-5-2-8-23-12-16/h1-2,4-5,7-8,10,12-13,17H,3,6,9,11,14H2/t17-/m0/s1. The molecule has 6 heteroatoms. The number of hydrogen-bond acceptors (Lipinski definition) is 4. The number of piperidine rings is 1. The number of rotatable bonds is 4. The van der Waals surface area contributed by atoms with Crippen LogP contribution in [0.5, 0.6) is 0 Å². The summed E-state index contributed by atoms with van der Waals surface area (Å²) >= 11 is 6.05. The largest absolute Gasteiger partial charge is 0.445 e. The number of halogens is 1. The van der Waals surface area contributed by atoms with E-state index in [4.69, 9.17) is 16.0 Å². The molecule has 0 saturated carbocycles. The minimum atomic E-state index is 0.0125. The van der Waals surface area contributed by atoms with Crippen LogP contribution in [0.4, 0.5) is 0 Å². The first-order valence-corrected chi connectivity index (χ1v) is 9.45. The van der Waals surface area contributed by atoms with E-state index in [-0.39, 0.29) is 11.8 Å². The summed E-state index contributed by atoms with van der Waals surface area (Å²) in [5.41, 5.74) is 1.70. The highest BCUT2D eigenvalue weighted by atomic mass is 35.5. The molecule has 3 heterocycles. The third-order valence-corrected chi connectivity index (χ3v) is 5.04. The van der Waals surface area contributed by atoms with Crippen molar-refractivity contribution in [3.05, 3.63) is 82.8 Å². The topological polar surface area (TPSA) is 59.2 Å². The van der Waals surface area contributed by atoms with Crippen molar-refractivity contribution in [3.8, 4) is 0 Å². The summed E-state index contributed by atoms with van der Waals surface area (Å²) in [5, 5.41) is 0.712. The number of carbonyl (C=O) groups is 1. The number of carbonyl (C=O) groups excluding carboxylic acids is 1. The molecule has 1 fully saturated rings. The fourth-order valence-corrected chi connectivity index (χ4v) is 3.69. The Morgan fingerprint density at radius 1 is 1.26 bits per heavy atom. The predicted molar refractivity (Wildman–Crippen MR) is 103 cm³/mol. The van der Waals surface area contributed by atoms with E-state index in [2.05, 4.69) is 9.97 Å². The second-order valence-electron chi connectivity index (χ2n) is 6.80. The van der Waals surface area contributed by atoms with E-state index >= 15 is 0 Å². The van der Waals surface area contributed by atoms with Gasteiger partial charge in [-0.1, -0.05) is 23.7 Å². The molecule has 27 heavy (non-hydrogen) atoms. The number of hydrogen-bond donors (Lipinski definition) is 0. The molecule has 138 valence electrons. The van der Waals surface area contributed by atoms with Crippen LogP contribution in [-0.2, 0) is 6.42 Å². The highest BCUT2D eigenvalue weighted by molar-refractivity contribution is 6.30. The third-order valence-electron chi connectivity index (χ3n) is 4.81. The first-order chi connectivity index (χ1) is 13.2. The van der Waals surface area contributed by atoms with E-state index in [1.54, 1.807) is 30.7 Å². The Morgan fingerprint density at radius 3 is 3.00 bits per heavy atom. The highest BCUT2D eigenvalue weighted by Gasteiger charge is 2.28. The lowest BCUT2D eigenvalue weighted by Gasteiger charge is -2.31. The van der Waals surface area contributed by atoms with Crippen LogP contribution in [0.1, 0.15) is 46.3 Å². The lowest BCUT2D eigenvalue weighted by Crippen LogP contribution is -2.39. The van der Waals surface area contributed by atoms with Crippen molar-refractivity contribution in [2.75, 3.05) is 13.1 Å². The monoisotopic (exact) mass is 381 g/mol. The Labute approximate surface area is 163 Å². The van der Waals surface area contributed by atoms with Gasteiger partial charge >= 0.3 is 0 Å². The Hall–Kier alpha value is -2.66. The van der Waals surface area contributed by atoms with Crippen molar-refractivity contribution >= 4 is 17.5 Å². The summed E-state index contributed by atoms with van der Waals surface area (Å²) in [6.45, 7) is 1.37. The van der Waals surface area contributed by atoms with Crippen molar-refractivity contribution in [1.29, 1.82) is 0 Å². The maximum absolute atomic E-state index is 12.7. The van der Waals surface area contributed by atoms with Crippen LogP contribution in [0.2, 0.25) is 5.02 Å². The molecular weight excluding hydrogens is 362 g/mol. The van der Waals surface area contributed by atoms with E-state index < -0.39 is 0 Å². The number of benzene rings is 1. The zero-order valence-electron chi connectivity index (χ0n) is 14.8. The zero-order chi connectivity index (χ0) is 18.6. The van der Waals surface area contributed by atoms with E-state index in [1.807, 2.05) is 29.2 Å². The lowest BCUT2D eigenvalue weighted by atomic mass is 9.97. The van der Waals surface area contributed by atoms with Gasteiger partial charge < -0.3 is 9.32 Å². The molecule has 1 aliphatic heterocycles. The van der Waals surface area contributed by atoms with Crippen molar-refractivity contribution in [2.24, 2.45) is 0 Å². The van der Waals surface area contributed by atoms with Crippen LogP contribution in [0.15, 0.2) is 59.4 Å². The van der Waals surface area contributed by atoms with E-state index in [0.29, 0.717) is 29.4 Å². The summed E-state index contributed by atoms with van der Waals surface area (Å²) in [4.78, 5) is 23.1. The molecule has 1 atom stereocenters. The first-order valence-electron chi connectivity index (χ1n) is 9.07. The van der Waals surface area contributed by atoms with Crippen LogP contribution in [0, 0.1) is 0 Å². The molecule has 0 spiro atoms. The molecule has 1 aliphatic rings. The molecule has 0 bridgehead atoms. The molecule has 5 nitrogen and oxygen atoms in total. The van der Waals surface area contributed by atoms with Gasteiger partial charge in [0.2, 0.25) is 0 Å². The maximum Gasteiger partial charge on any atom is 0.255 e. The van der Waals surface area contributed by atoms with E-state index in [9.17, 15) is 4.79 Å². The van der Waals surface area contributed by atoms with Gasteiger partial charge in [-0.3, -0.25) is 9.78 Å². The van der Waals surface area contributed by atoms with Crippen LogP contribution in [0.25, 0.3) is 0 Å². The van der Waals surface area contributed by atoms with Gasteiger partial charge in [0.1, 0.15) is 5.76 Å². The van der Waals surface area contributed by atoms with Crippen molar-refractivity contribution in [2.45, 2.75) is 25.2 Å². The van der Waals surface area contributed by atoms with Gasteiger partial charge in [-0.25, -0.2) is 4.98 Å². The number of nitrogens with zero attached hydrogens (tertiary/aromatic N) is 3. The van der Waals surface area contributed by atoms with Gasteiger partial charge in [-0.05, 0) is 42.7 Å². The minimum absolute atomic E-state index is 0.0125. The number of oxazole rings is 1. The maximum atomic E-state index is 12.7. The van der Waals surface area contributed by atoms with Gasteiger partial charge in [-0.2, -0.15) is 0 Å². The Balaban J connectivity index is 1.44. The van der Waals surface area contributed by atoms with Gasteiger partial charge in [0.25, 0.3) is 5.91 Å². The SMILES string of the molecule is O=C(c1cccnc1)N1CCC[C@H](c2ncc(Cc3cccc(Cl)c3)o2)C1. The summed E-state index contributed by atoms with van der Waals surface area (Å²) < 4.78 is 6.00. The van der Waals surface area contributed by atoms with Crippen LogP contribution in [0.3, 0.4) is 0 Å². The molecule has 1 amide bonds. The van der Waals surface area contributed by atoms with E-state index in [1.165, 1.54) is 0 Å². The van der Waals surface area contributed by atoms with Gasteiger partial charge in [0.15, 0.2) is 5.89 Å². The number of aromatic nitrogens is 2. The summed E-state index contributed by atoms with van der Waals surface area (Å²) in [6, 6.07) is 11.3. The molecule has 3 aromatic rings. The second kappa shape index (κ2) is 7.92. The second-order valence-corrected chi connectivity index (χ2v) is 7.24. The highest BCUT2D eigenvalue weighted by Crippen LogP contribution is 2.28. The Morgan fingerprint density at radius 2 is 2.19 bits per heavy atom. The molecular formula is C21H20ClN3O2. The molecule has 0 unspecified atom stereocenters. The molecule has 1 aromatic carbocycles. The summed E-state index contributed by atoms with van der Waals surface area (Å²) in [7, 11) is 0. The first kappa shape index (κ1) is 17.7.